The maximum atomic E-state index is 11.7. The zero-order chi connectivity index (χ0) is 13.0. The number of hydrogen-bond acceptors (Lipinski definition) is 4. The number of amides is 1. The van der Waals surface area contributed by atoms with Gasteiger partial charge in [0.1, 0.15) is 5.00 Å². The third-order valence-electron chi connectivity index (χ3n) is 1.89. The number of alkyl halides is 2. The largest absolute Gasteiger partial charge is 0.462 e. The standard InChI is InChI=1S/C10H11Cl2NO3S/c1-3-16-10(15)6-5(2)4-17-9(6)13-8(14)7(11)12/h4,7H,3H2,1-2H3,(H,13,14). The number of aryl methyl sites for hydroxylation is 1. The summed E-state index contributed by atoms with van der Waals surface area (Å²) in [6, 6.07) is 0. The van der Waals surface area contributed by atoms with Gasteiger partial charge in [0.2, 0.25) is 0 Å². The van der Waals surface area contributed by atoms with E-state index in [0.717, 1.165) is 5.56 Å². The quantitative estimate of drug-likeness (QED) is 0.686. The van der Waals surface area contributed by atoms with E-state index < -0.39 is 16.7 Å². The maximum absolute atomic E-state index is 11.7. The molecule has 0 fully saturated rings. The Bertz CT molecular complexity index is 431. The normalized spacial score (nSPS) is 10.4. The molecule has 7 heteroatoms. The Morgan fingerprint density at radius 1 is 1.53 bits per heavy atom. The van der Waals surface area contributed by atoms with Crippen molar-refractivity contribution in [1.82, 2.24) is 0 Å². The number of rotatable bonds is 4. The Morgan fingerprint density at radius 3 is 2.71 bits per heavy atom. The van der Waals surface area contributed by atoms with Gasteiger partial charge in [-0.1, -0.05) is 23.2 Å². The molecule has 1 aromatic heterocycles. The highest BCUT2D eigenvalue weighted by atomic mass is 35.5. The van der Waals surface area contributed by atoms with E-state index in [1.807, 2.05) is 0 Å². The van der Waals surface area contributed by atoms with Crippen LogP contribution in [0.1, 0.15) is 22.8 Å². The lowest BCUT2D eigenvalue weighted by Gasteiger charge is -2.07. The van der Waals surface area contributed by atoms with Gasteiger partial charge in [0.05, 0.1) is 12.2 Å². The molecule has 94 valence electrons. The smallest absolute Gasteiger partial charge is 0.341 e. The summed E-state index contributed by atoms with van der Waals surface area (Å²) < 4.78 is 4.90. The lowest BCUT2D eigenvalue weighted by Crippen LogP contribution is -2.19. The van der Waals surface area contributed by atoms with Crippen LogP contribution >= 0.6 is 34.5 Å². The number of halogens is 2. The van der Waals surface area contributed by atoms with Crippen LogP contribution in [-0.4, -0.2) is 23.3 Å². The SMILES string of the molecule is CCOC(=O)c1c(C)csc1NC(=O)C(Cl)Cl. The molecule has 0 aliphatic heterocycles. The minimum absolute atomic E-state index is 0.273. The summed E-state index contributed by atoms with van der Waals surface area (Å²) in [5, 5.41) is 4.63. The number of anilines is 1. The number of nitrogens with one attached hydrogen (secondary N) is 1. The molecule has 1 heterocycles. The van der Waals surface area contributed by atoms with Gasteiger partial charge in [-0.2, -0.15) is 0 Å². The molecule has 0 saturated carbocycles. The highest BCUT2D eigenvalue weighted by Gasteiger charge is 2.21. The summed E-state index contributed by atoms with van der Waals surface area (Å²) in [5.41, 5.74) is 1.09. The van der Waals surface area contributed by atoms with Crippen LogP contribution in [0.2, 0.25) is 0 Å². The lowest BCUT2D eigenvalue weighted by molar-refractivity contribution is -0.114. The highest BCUT2D eigenvalue weighted by molar-refractivity contribution is 7.15. The third-order valence-corrected chi connectivity index (χ3v) is 3.30. The molecule has 1 rings (SSSR count). The minimum atomic E-state index is -1.17. The second kappa shape index (κ2) is 6.23. The molecule has 0 radical (unpaired) electrons. The van der Waals surface area contributed by atoms with Crippen LogP contribution in [0.3, 0.4) is 0 Å². The lowest BCUT2D eigenvalue weighted by atomic mass is 10.2. The van der Waals surface area contributed by atoms with Crippen LogP contribution in [0.15, 0.2) is 5.38 Å². The Balaban J connectivity index is 2.94. The van der Waals surface area contributed by atoms with Gasteiger partial charge in [-0.15, -0.1) is 11.3 Å². The predicted octanol–water partition coefficient (Wildman–Crippen LogP) is 2.98. The van der Waals surface area contributed by atoms with Crippen molar-refractivity contribution in [3.63, 3.8) is 0 Å². The first kappa shape index (κ1) is 14.3. The van der Waals surface area contributed by atoms with Gasteiger partial charge in [-0.05, 0) is 24.8 Å². The molecule has 1 aromatic rings. The summed E-state index contributed by atoms with van der Waals surface area (Å²) in [4.78, 5) is 21.8. The van der Waals surface area contributed by atoms with Gasteiger partial charge in [-0.25, -0.2) is 4.79 Å². The topological polar surface area (TPSA) is 55.4 Å². The van der Waals surface area contributed by atoms with Gasteiger partial charge in [0.25, 0.3) is 5.91 Å². The number of carbonyl (C=O) groups excluding carboxylic acids is 2. The third kappa shape index (κ3) is 3.59. The van der Waals surface area contributed by atoms with E-state index in [1.54, 1.807) is 19.2 Å². The van der Waals surface area contributed by atoms with E-state index in [0.29, 0.717) is 10.6 Å². The van der Waals surface area contributed by atoms with Crippen LogP contribution in [0, 0.1) is 6.92 Å². The molecule has 4 nitrogen and oxygen atoms in total. The fourth-order valence-corrected chi connectivity index (χ4v) is 2.20. The van der Waals surface area contributed by atoms with Crippen molar-refractivity contribution in [2.75, 3.05) is 11.9 Å². The molecular formula is C10H11Cl2NO3S. The van der Waals surface area contributed by atoms with Crippen molar-refractivity contribution >= 4 is 51.4 Å². The van der Waals surface area contributed by atoms with Crippen molar-refractivity contribution in [3.05, 3.63) is 16.5 Å². The molecule has 0 atom stereocenters. The van der Waals surface area contributed by atoms with E-state index in [9.17, 15) is 9.59 Å². The first-order valence-corrected chi connectivity index (χ1v) is 6.56. The van der Waals surface area contributed by atoms with Crippen LogP contribution in [0.25, 0.3) is 0 Å². The van der Waals surface area contributed by atoms with Crippen molar-refractivity contribution in [2.45, 2.75) is 18.7 Å². The fraction of sp³-hybridized carbons (Fsp3) is 0.400. The van der Waals surface area contributed by atoms with Gasteiger partial charge in [-0.3, -0.25) is 4.79 Å². The maximum Gasteiger partial charge on any atom is 0.341 e. The summed E-state index contributed by atoms with van der Waals surface area (Å²) in [7, 11) is 0. The first-order valence-electron chi connectivity index (χ1n) is 4.81. The minimum Gasteiger partial charge on any atom is -0.462 e. The van der Waals surface area contributed by atoms with Crippen LogP contribution in [-0.2, 0) is 9.53 Å². The fourth-order valence-electron chi connectivity index (χ4n) is 1.16. The van der Waals surface area contributed by atoms with E-state index >= 15 is 0 Å². The number of hydrogen-bond donors (Lipinski definition) is 1. The second-order valence-corrected chi connectivity index (χ2v) is 5.11. The van der Waals surface area contributed by atoms with Crippen molar-refractivity contribution in [1.29, 1.82) is 0 Å². The predicted molar refractivity (Wildman–Crippen MR) is 69.1 cm³/mol. The van der Waals surface area contributed by atoms with Crippen molar-refractivity contribution in [2.24, 2.45) is 0 Å². The molecule has 1 amide bonds. The van der Waals surface area contributed by atoms with Crippen molar-refractivity contribution < 1.29 is 14.3 Å². The summed E-state index contributed by atoms with van der Waals surface area (Å²) in [6.45, 7) is 3.75. The van der Waals surface area contributed by atoms with E-state index in [1.165, 1.54) is 11.3 Å². The molecule has 1 N–H and O–H groups in total. The number of thiophene rings is 1. The van der Waals surface area contributed by atoms with Crippen LogP contribution < -0.4 is 5.32 Å². The summed E-state index contributed by atoms with van der Waals surface area (Å²) in [6.07, 6.45) is 0. The molecule has 0 aliphatic rings. The average molecular weight is 296 g/mol. The van der Waals surface area contributed by atoms with E-state index in [2.05, 4.69) is 5.32 Å². The van der Waals surface area contributed by atoms with Gasteiger partial charge in [0.15, 0.2) is 4.84 Å². The van der Waals surface area contributed by atoms with E-state index in [4.69, 9.17) is 27.9 Å². The Labute approximate surface area is 113 Å². The number of esters is 1. The molecule has 0 unspecified atom stereocenters. The molecule has 0 bridgehead atoms. The molecule has 0 aliphatic carbocycles. The zero-order valence-electron chi connectivity index (χ0n) is 9.25. The van der Waals surface area contributed by atoms with Crippen LogP contribution in [0.5, 0.6) is 0 Å². The molecular weight excluding hydrogens is 285 g/mol. The number of ether oxygens (including phenoxy) is 1. The zero-order valence-corrected chi connectivity index (χ0v) is 11.6. The molecule has 0 aromatic carbocycles. The average Bonchev–Trinajstić information content (AvgIpc) is 2.60. The number of carbonyl (C=O) groups is 2. The summed E-state index contributed by atoms with van der Waals surface area (Å²) in [5.74, 6) is -1.04. The van der Waals surface area contributed by atoms with Crippen LogP contribution in [0.4, 0.5) is 5.00 Å². The van der Waals surface area contributed by atoms with E-state index in [-0.39, 0.29) is 6.61 Å². The van der Waals surface area contributed by atoms with Crippen molar-refractivity contribution in [3.8, 4) is 0 Å². The van der Waals surface area contributed by atoms with Gasteiger partial charge < -0.3 is 10.1 Å². The molecule has 0 spiro atoms. The Morgan fingerprint density at radius 2 is 2.18 bits per heavy atom. The Kier molecular flexibility index (Phi) is 5.24. The monoisotopic (exact) mass is 295 g/mol. The summed E-state index contributed by atoms with van der Waals surface area (Å²) >= 11 is 12.1. The molecule has 17 heavy (non-hydrogen) atoms. The Hall–Kier alpha value is -0.780. The highest BCUT2D eigenvalue weighted by Crippen LogP contribution is 2.29. The molecule has 0 saturated heterocycles. The second-order valence-electron chi connectivity index (χ2n) is 3.13. The van der Waals surface area contributed by atoms with Gasteiger partial charge in [0, 0.05) is 0 Å². The van der Waals surface area contributed by atoms with Gasteiger partial charge >= 0.3 is 5.97 Å². The first-order chi connectivity index (χ1) is 7.97.